The van der Waals surface area contributed by atoms with Crippen LogP contribution in [-0.4, -0.2) is 0 Å². The van der Waals surface area contributed by atoms with Crippen LogP contribution in [0.25, 0.3) is 131 Å². The van der Waals surface area contributed by atoms with Gasteiger partial charge < -0.3 is 0 Å². The number of fused-ring (bicyclic) bond motifs is 8. The van der Waals surface area contributed by atoms with Gasteiger partial charge in [0, 0.05) is 0 Å². The van der Waals surface area contributed by atoms with Gasteiger partial charge in [-0.3, -0.25) is 0 Å². The molecular formula is C64H40. The first kappa shape index (κ1) is 36.3. The van der Waals surface area contributed by atoms with E-state index in [0.29, 0.717) is 0 Å². The molecule has 0 heterocycles. The molecule has 0 aliphatic rings. The molecule has 64 heavy (non-hydrogen) atoms. The molecule has 0 amide bonds. The Morgan fingerprint density at radius 2 is 0.594 bits per heavy atom. The first-order chi connectivity index (χ1) is 31.8. The van der Waals surface area contributed by atoms with Crippen molar-refractivity contribution in [1.29, 1.82) is 0 Å². The predicted molar refractivity (Wildman–Crippen MR) is 276 cm³/mol. The predicted octanol–water partition coefficient (Wildman–Crippen LogP) is 18.1. The minimum absolute atomic E-state index is 1.20. The molecule has 0 atom stereocenters. The molecule has 13 aromatic carbocycles. The molecule has 0 aromatic heterocycles. The van der Waals surface area contributed by atoms with E-state index in [1.807, 2.05) is 0 Å². The van der Waals surface area contributed by atoms with E-state index in [0.717, 1.165) is 0 Å². The van der Waals surface area contributed by atoms with Gasteiger partial charge in [0.1, 0.15) is 0 Å². The van der Waals surface area contributed by atoms with Crippen molar-refractivity contribution in [3.05, 3.63) is 243 Å². The van der Waals surface area contributed by atoms with Crippen LogP contribution in [-0.2, 0) is 0 Å². The Hall–Kier alpha value is -8.32. The Labute approximate surface area is 371 Å². The van der Waals surface area contributed by atoms with E-state index in [2.05, 4.69) is 243 Å². The van der Waals surface area contributed by atoms with E-state index in [4.69, 9.17) is 0 Å². The molecular weight excluding hydrogens is 769 g/mol. The number of rotatable bonds is 5. The molecule has 0 heteroatoms. The van der Waals surface area contributed by atoms with E-state index in [1.165, 1.54) is 131 Å². The zero-order valence-corrected chi connectivity index (χ0v) is 35.1. The summed E-state index contributed by atoms with van der Waals surface area (Å²) in [5, 5.41) is 17.4. The van der Waals surface area contributed by atoms with E-state index >= 15 is 0 Å². The Balaban J connectivity index is 1.29. The lowest BCUT2D eigenvalue weighted by molar-refractivity contribution is 1.64. The maximum atomic E-state index is 2.56. The molecule has 13 aromatic rings. The minimum Gasteiger partial charge on any atom is -0.0622 e. The summed E-state index contributed by atoms with van der Waals surface area (Å²) in [7, 11) is 0. The molecule has 0 fully saturated rings. The molecule has 0 saturated heterocycles. The second kappa shape index (κ2) is 14.7. The van der Waals surface area contributed by atoms with E-state index in [-0.39, 0.29) is 0 Å². The van der Waals surface area contributed by atoms with Gasteiger partial charge in [-0.05, 0) is 155 Å². The number of benzene rings is 13. The molecule has 0 aliphatic heterocycles. The van der Waals surface area contributed by atoms with Gasteiger partial charge in [0.05, 0.1) is 0 Å². The van der Waals surface area contributed by atoms with Crippen molar-refractivity contribution in [2.24, 2.45) is 0 Å². The summed E-state index contributed by atoms with van der Waals surface area (Å²) in [6.45, 7) is 0. The third-order valence-corrected chi connectivity index (χ3v) is 13.6. The second-order valence-electron chi connectivity index (χ2n) is 17.1. The van der Waals surface area contributed by atoms with Gasteiger partial charge in [-0.25, -0.2) is 0 Å². The minimum atomic E-state index is 1.20. The fourth-order valence-electron chi connectivity index (χ4n) is 10.7. The lowest BCUT2D eigenvalue weighted by Crippen LogP contribution is -1.96. The lowest BCUT2D eigenvalue weighted by atomic mass is 9.79. The third kappa shape index (κ3) is 5.70. The Morgan fingerprint density at radius 3 is 1.27 bits per heavy atom. The van der Waals surface area contributed by atoms with Crippen molar-refractivity contribution in [3.8, 4) is 55.6 Å². The summed E-state index contributed by atoms with van der Waals surface area (Å²) in [6, 6.07) is 90.3. The van der Waals surface area contributed by atoms with Crippen molar-refractivity contribution in [3.63, 3.8) is 0 Å². The van der Waals surface area contributed by atoms with Crippen LogP contribution in [0, 0.1) is 0 Å². The van der Waals surface area contributed by atoms with Gasteiger partial charge in [0.25, 0.3) is 0 Å². The van der Waals surface area contributed by atoms with Gasteiger partial charge in [-0.2, -0.15) is 0 Å². The largest absolute Gasteiger partial charge is 0.0622 e. The van der Waals surface area contributed by atoms with Crippen molar-refractivity contribution in [1.82, 2.24) is 0 Å². The normalized spacial score (nSPS) is 11.8. The molecule has 0 saturated carbocycles. The average Bonchev–Trinajstić information content (AvgIpc) is 3.37. The quantitative estimate of drug-likeness (QED) is 0.120. The number of hydrogen-bond donors (Lipinski definition) is 0. The standard InChI is InChI=1S/C64H40/c1-3-17-41(18-4-1)47-35-36-55-57(38-47)64(53-32-16-26-44-21-10-12-28-50(44)53)60-40-58-56(39-59(60)63(55)52-31-15-25-43-20-9-11-27-49(43)52)51-29-13-14-30-54(51)62(61(58)45-22-5-2-6-23-45)48-34-33-42-19-7-8-24-46(42)37-48/h1-40H. The monoisotopic (exact) mass is 808 g/mol. The molecule has 0 aliphatic carbocycles. The molecule has 13 rings (SSSR count). The Bertz CT molecular complexity index is 3980. The van der Waals surface area contributed by atoms with Crippen LogP contribution < -0.4 is 0 Å². The maximum absolute atomic E-state index is 2.56. The lowest BCUT2D eigenvalue weighted by Gasteiger charge is -2.23. The van der Waals surface area contributed by atoms with Crippen molar-refractivity contribution in [2.45, 2.75) is 0 Å². The molecule has 0 spiro atoms. The van der Waals surface area contributed by atoms with Crippen LogP contribution in [0.4, 0.5) is 0 Å². The summed E-state index contributed by atoms with van der Waals surface area (Å²) in [5.41, 5.74) is 12.3. The summed E-state index contributed by atoms with van der Waals surface area (Å²) in [4.78, 5) is 0. The summed E-state index contributed by atoms with van der Waals surface area (Å²) in [6.07, 6.45) is 0. The highest BCUT2D eigenvalue weighted by Crippen LogP contribution is 2.52. The van der Waals surface area contributed by atoms with Gasteiger partial charge in [0.2, 0.25) is 0 Å². The van der Waals surface area contributed by atoms with E-state index in [1.54, 1.807) is 0 Å². The molecule has 296 valence electrons. The van der Waals surface area contributed by atoms with E-state index in [9.17, 15) is 0 Å². The smallest absolute Gasteiger partial charge is 0.00197 e. The highest BCUT2D eigenvalue weighted by molar-refractivity contribution is 6.31. The van der Waals surface area contributed by atoms with Crippen molar-refractivity contribution < 1.29 is 0 Å². The first-order valence-corrected chi connectivity index (χ1v) is 22.2. The zero-order chi connectivity index (χ0) is 42.1. The fourth-order valence-corrected chi connectivity index (χ4v) is 10.7. The first-order valence-electron chi connectivity index (χ1n) is 22.2. The van der Waals surface area contributed by atoms with Crippen LogP contribution in [0.15, 0.2) is 243 Å². The summed E-state index contributed by atoms with van der Waals surface area (Å²) in [5.74, 6) is 0. The van der Waals surface area contributed by atoms with Gasteiger partial charge >= 0.3 is 0 Å². The van der Waals surface area contributed by atoms with Crippen LogP contribution in [0.5, 0.6) is 0 Å². The SMILES string of the molecule is c1ccc(-c2ccc3c(-c4cccc5ccccc45)c4cc5c(cc4c(-c4cccc6ccccc46)c3c2)c(-c2ccccc2)c(-c2ccc3ccccc3c2)c2ccccc25)cc1. The summed E-state index contributed by atoms with van der Waals surface area (Å²) >= 11 is 0. The van der Waals surface area contributed by atoms with E-state index < -0.39 is 0 Å². The van der Waals surface area contributed by atoms with Crippen LogP contribution in [0.1, 0.15) is 0 Å². The van der Waals surface area contributed by atoms with Gasteiger partial charge in [-0.1, -0.05) is 218 Å². The maximum Gasteiger partial charge on any atom is -0.00197 e. The molecule has 0 N–H and O–H groups in total. The highest BCUT2D eigenvalue weighted by Gasteiger charge is 2.24. The van der Waals surface area contributed by atoms with Gasteiger partial charge in [0.15, 0.2) is 0 Å². The highest BCUT2D eigenvalue weighted by atomic mass is 14.3. The number of hydrogen-bond acceptors (Lipinski definition) is 0. The Kier molecular flexibility index (Phi) is 8.32. The molecule has 0 nitrogen and oxygen atoms in total. The summed E-state index contributed by atoms with van der Waals surface area (Å²) < 4.78 is 0. The fraction of sp³-hybridized carbons (Fsp3) is 0. The second-order valence-corrected chi connectivity index (χ2v) is 17.1. The van der Waals surface area contributed by atoms with Gasteiger partial charge in [-0.15, -0.1) is 0 Å². The third-order valence-electron chi connectivity index (χ3n) is 13.6. The topological polar surface area (TPSA) is 0 Å². The average molecular weight is 809 g/mol. The Morgan fingerprint density at radius 1 is 0.156 bits per heavy atom. The molecule has 0 radical (unpaired) electrons. The zero-order valence-electron chi connectivity index (χ0n) is 35.1. The van der Waals surface area contributed by atoms with Crippen LogP contribution in [0.3, 0.4) is 0 Å². The van der Waals surface area contributed by atoms with Crippen molar-refractivity contribution >= 4 is 75.4 Å². The van der Waals surface area contributed by atoms with Crippen molar-refractivity contribution in [2.75, 3.05) is 0 Å². The molecule has 0 unspecified atom stereocenters. The van der Waals surface area contributed by atoms with Crippen LogP contribution in [0.2, 0.25) is 0 Å². The van der Waals surface area contributed by atoms with Crippen LogP contribution >= 0.6 is 0 Å². The molecule has 0 bridgehead atoms.